The number of hydrogen-bond donors (Lipinski definition) is 2. The Balaban J connectivity index is 1.67. The van der Waals surface area contributed by atoms with Gasteiger partial charge in [0.15, 0.2) is 0 Å². The Morgan fingerprint density at radius 3 is 2.74 bits per heavy atom. The summed E-state index contributed by atoms with van der Waals surface area (Å²) in [7, 11) is 3.21. The van der Waals surface area contributed by atoms with Gasteiger partial charge in [0, 0.05) is 5.92 Å². The van der Waals surface area contributed by atoms with Crippen LogP contribution in [-0.2, 0) is 0 Å². The Morgan fingerprint density at radius 1 is 1.22 bits per heavy atom. The minimum absolute atomic E-state index is 0.0217. The van der Waals surface area contributed by atoms with Crippen molar-refractivity contribution in [1.29, 1.82) is 0 Å². The molecule has 0 radical (unpaired) electrons. The molecular weight excluding hydrogens is 303 g/mol. The number of allylic oxidation sites excluding steroid dienone is 5. The summed E-state index contributed by atoms with van der Waals surface area (Å²) in [5, 5.41) is 21.1. The molecular formula is C20H27O2P. The molecule has 0 aromatic heterocycles. The summed E-state index contributed by atoms with van der Waals surface area (Å²) < 4.78 is 0. The molecule has 4 rings (SSSR count). The van der Waals surface area contributed by atoms with Gasteiger partial charge in [-0.05, 0) is 67.0 Å². The number of aliphatic hydroxyl groups is 2. The van der Waals surface area contributed by atoms with Crippen LogP contribution in [0.1, 0.15) is 38.5 Å². The lowest BCUT2D eigenvalue weighted by atomic mass is 9.55. The molecule has 4 aliphatic rings. The average Bonchev–Trinajstić information content (AvgIpc) is 2.85. The highest BCUT2D eigenvalue weighted by Gasteiger charge is 2.60. The van der Waals surface area contributed by atoms with E-state index in [1.165, 1.54) is 12.0 Å². The van der Waals surface area contributed by atoms with Crippen molar-refractivity contribution in [2.24, 2.45) is 23.7 Å². The van der Waals surface area contributed by atoms with E-state index in [0.717, 1.165) is 31.3 Å². The topological polar surface area (TPSA) is 40.5 Å². The number of fused-ring (bicyclic) bond motifs is 5. The second-order valence-electron chi connectivity index (χ2n) is 8.11. The third kappa shape index (κ3) is 2.07. The summed E-state index contributed by atoms with van der Waals surface area (Å²) in [4.78, 5) is 0. The van der Waals surface area contributed by atoms with E-state index in [1.807, 2.05) is 0 Å². The van der Waals surface area contributed by atoms with Gasteiger partial charge in [0.1, 0.15) is 11.4 Å². The summed E-state index contributed by atoms with van der Waals surface area (Å²) in [6.45, 7) is 7.75. The van der Waals surface area contributed by atoms with E-state index in [9.17, 15) is 10.2 Å². The van der Waals surface area contributed by atoms with Crippen molar-refractivity contribution in [2.45, 2.75) is 49.3 Å². The monoisotopic (exact) mass is 330 g/mol. The van der Waals surface area contributed by atoms with E-state index < -0.39 is 5.60 Å². The maximum Gasteiger partial charge on any atom is 0.124 e. The molecule has 2 nitrogen and oxygen atoms in total. The van der Waals surface area contributed by atoms with Gasteiger partial charge in [-0.3, -0.25) is 0 Å². The molecule has 7 atom stereocenters. The van der Waals surface area contributed by atoms with Gasteiger partial charge >= 0.3 is 0 Å². The first-order chi connectivity index (χ1) is 10.9. The molecule has 0 bridgehead atoms. The third-order valence-electron chi connectivity index (χ3n) is 7.18. The first kappa shape index (κ1) is 15.7. The molecule has 124 valence electrons. The molecule has 3 heteroatoms. The number of hydrogen-bond acceptors (Lipinski definition) is 2. The highest BCUT2D eigenvalue weighted by atomic mass is 31.0. The second kappa shape index (κ2) is 5.07. The quantitative estimate of drug-likeness (QED) is 0.556. The van der Waals surface area contributed by atoms with Crippen LogP contribution >= 0.6 is 9.24 Å². The lowest BCUT2D eigenvalue weighted by molar-refractivity contribution is -0.0401. The molecule has 0 aromatic rings. The van der Waals surface area contributed by atoms with Crippen molar-refractivity contribution < 1.29 is 10.2 Å². The minimum Gasteiger partial charge on any atom is -0.510 e. The number of aliphatic hydroxyl groups excluding tert-OH is 1. The predicted molar refractivity (Wildman–Crippen MR) is 97.2 cm³/mol. The van der Waals surface area contributed by atoms with Crippen LogP contribution in [0.5, 0.6) is 0 Å². The van der Waals surface area contributed by atoms with Gasteiger partial charge in [-0.15, -0.1) is 9.24 Å². The molecule has 0 amide bonds. The fourth-order valence-corrected chi connectivity index (χ4v) is 6.98. The first-order valence-corrected chi connectivity index (χ1v) is 9.41. The van der Waals surface area contributed by atoms with Crippen LogP contribution in [0.15, 0.2) is 48.3 Å². The van der Waals surface area contributed by atoms with Gasteiger partial charge in [-0.2, -0.15) is 0 Å². The van der Waals surface area contributed by atoms with Crippen molar-refractivity contribution >= 4 is 9.24 Å². The lowest BCUT2D eigenvalue weighted by Crippen LogP contribution is -2.53. The largest absolute Gasteiger partial charge is 0.510 e. The predicted octanol–water partition coefficient (Wildman–Crippen LogP) is 4.30. The van der Waals surface area contributed by atoms with Crippen LogP contribution in [0.25, 0.3) is 0 Å². The molecule has 4 aliphatic carbocycles. The van der Waals surface area contributed by atoms with Gasteiger partial charge in [-0.25, -0.2) is 0 Å². The van der Waals surface area contributed by atoms with Gasteiger partial charge in [0.2, 0.25) is 0 Å². The van der Waals surface area contributed by atoms with Crippen molar-refractivity contribution in [3.63, 3.8) is 0 Å². The summed E-state index contributed by atoms with van der Waals surface area (Å²) in [6, 6.07) is 0. The van der Waals surface area contributed by atoms with E-state index >= 15 is 0 Å². The fraction of sp³-hybridized carbons (Fsp3) is 0.600. The zero-order chi connectivity index (χ0) is 16.4. The zero-order valence-electron chi connectivity index (χ0n) is 13.7. The molecule has 2 N–H and O–H groups in total. The van der Waals surface area contributed by atoms with Crippen LogP contribution in [0.3, 0.4) is 0 Å². The van der Waals surface area contributed by atoms with E-state index in [-0.39, 0.29) is 16.8 Å². The van der Waals surface area contributed by atoms with Crippen molar-refractivity contribution in [2.75, 3.05) is 0 Å². The summed E-state index contributed by atoms with van der Waals surface area (Å²) in [5.74, 6) is 1.73. The smallest absolute Gasteiger partial charge is 0.124 e. The van der Waals surface area contributed by atoms with Gasteiger partial charge in [0.25, 0.3) is 0 Å². The van der Waals surface area contributed by atoms with E-state index in [2.05, 4.69) is 40.6 Å². The van der Waals surface area contributed by atoms with Crippen LogP contribution < -0.4 is 0 Å². The second-order valence-corrected chi connectivity index (χ2v) is 9.18. The molecule has 0 heterocycles. The average molecular weight is 330 g/mol. The Hall–Kier alpha value is -0.850. The lowest BCUT2D eigenvalue weighted by Gasteiger charge is -2.56. The molecule has 0 aliphatic heterocycles. The van der Waals surface area contributed by atoms with E-state index in [4.69, 9.17) is 0 Å². The highest BCUT2D eigenvalue weighted by molar-refractivity contribution is 7.19. The fourth-order valence-electron chi connectivity index (χ4n) is 6.07. The first-order valence-electron chi connectivity index (χ1n) is 8.83. The summed E-state index contributed by atoms with van der Waals surface area (Å²) in [6.07, 6.45) is 12.8. The molecule has 23 heavy (non-hydrogen) atoms. The molecule has 6 unspecified atom stereocenters. The zero-order valence-corrected chi connectivity index (χ0v) is 14.8. The maximum absolute atomic E-state index is 10.9. The van der Waals surface area contributed by atoms with Gasteiger partial charge in [-0.1, -0.05) is 37.0 Å². The third-order valence-corrected chi connectivity index (χ3v) is 8.26. The maximum atomic E-state index is 10.9. The Morgan fingerprint density at radius 2 is 2.00 bits per heavy atom. The van der Waals surface area contributed by atoms with E-state index in [0.29, 0.717) is 24.2 Å². The van der Waals surface area contributed by atoms with Gasteiger partial charge < -0.3 is 10.2 Å². The van der Waals surface area contributed by atoms with Gasteiger partial charge in [0.05, 0.1) is 0 Å². The molecule has 0 spiro atoms. The Kier molecular flexibility index (Phi) is 3.45. The Labute approximate surface area is 141 Å². The van der Waals surface area contributed by atoms with Crippen LogP contribution in [0, 0.1) is 23.7 Å². The van der Waals surface area contributed by atoms with Crippen molar-refractivity contribution in [1.82, 2.24) is 0 Å². The van der Waals surface area contributed by atoms with Crippen LogP contribution in [0.4, 0.5) is 0 Å². The summed E-state index contributed by atoms with van der Waals surface area (Å²) in [5.41, 5.74) is 1.59. The molecule has 3 saturated carbocycles. The Bertz CT molecular complexity index is 634. The SMILES string of the molecule is C=C1C=CC2C(=C1)CCC1C3CC[C@](O)(C(=C)O)C3CCC21P. The highest BCUT2D eigenvalue weighted by Crippen LogP contribution is 2.64. The van der Waals surface area contributed by atoms with E-state index in [1.54, 1.807) is 0 Å². The standard InChI is InChI=1S/C20H27O2P/c1-12-3-5-16-14(11-12)4-6-18-15-7-9-19(22,13(2)21)17(15)8-10-20(16,18)23/h3,5,11,15-18,21-22H,1-2,4,6-10,23H2/t15?,16?,17?,18?,19-,20?/m0/s1. The minimum atomic E-state index is -1.05. The van der Waals surface area contributed by atoms with Crippen LogP contribution in [-0.4, -0.2) is 21.0 Å². The normalized spacial score (nSPS) is 48.3. The number of rotatable bonds is 1. The van der Waals surface area contributed by atoms with Crippen molar-refractivity contribution in [3.8, 4) is 0 Å². The van der Waals surface area contributed by atoms with Crippen LogP contribution in [0.2, 0.25) is 0 Å². The summed E-state index contributed by atoms with van der Waals surface area (Å²) >= 11 is 0. The van der Waals surface area contributed by atoms with Crippen molar-refractivity contribution in [3.05, 3.63) is 48.3 Å². The molecule has 3 fully saturated rings. The molecule has 0 saturated heterocycles. The molecule has 0 aromatic carbocycles.